The van der Waals surface area contributed by atoms with E-state index in [1.165, 1.54) is 4.90 Å². The van der Waals surface area contributed by atoms with Crippen LogP contribution in [0.3, 0.4) is 0 Å². The number of urea groups is 1. The number of nitrogens with zero attached hydrogens (tertiary/aromatic N) is 1. The quantitative estimate of drug-likeness (QED) is 0.488. The number of nitrogens with one attached hydrogen (secondary N) is 3. The van der Waals surface area contributed by atoms with Crippen LogP contribution in [0, 0.1) is 17.8 Å². The zero-order valence-electron chi connectivity index (χ0n) is 19.5. The topological polar surface area (TPSA) is 128 Å². The molecule has 1 aliphatic rings. The molecule has 0 spiro atoms. The second kappa shape index (κ2) is 10.5. The van der Waals surface area contributed by atoms with Crippen molar-refractivity contribution in [3.8, 4) is 0 Å². The Balaban J connectivity index is 2.36. The highest BCUT2D eigenvalue weighted by Gasteiger charge is 2.40. The largest absolute Gasteiger partial charge is 0.480 e. The molecule has 4 atom stereocenters. The SMILES string of the molecule is CCC(C)[C@H](NC(=O)N1c2ccccc2NC(=O)[C@@H]1C(C)C)C(=O)N[C@@H](C(=O)O)C(C)C. The summed E-state index contributed by atoms with van der Waals surface area (Å²) in [6.45, 7) is 10.8. The molecule has 1 unspecified atom stereocenters. The highest BCUT2D eigenvalue weighted by molar-refractivity contribution is 6.12. The minimum absolute atomic E-state index is 0.178. The Kier molecular flexibility index (Phi) is 8.24. The second-order valence-corrected chi connectivity index (χ2v) is 8.95. The molecule has 4 N–H and O–H groups in total. The molecule has 9 heteroatoms. The monoisotopic (exact) mass is 446 g/mol. The molecule has 0 aliphatic carbocycles. The van der Waals surface area contributed by atoms with Crippen molar-refractivity contribution in [1.82, 2.24) is 10.6 Å². The fourth-order valence-corrected chi connectivity index (χ4v) is 3.76. The summed E-state index contributed by atoms with van der Waals surface area (Å²) >= 11 is 0. The van der Waals surface area contributed by atoms with Crippen LogP contribution in [-0.2, 0) is 14.4 Å². The summed E-state index contributed by atoms with van der Waals surface area (Å²) in [4.78, 5) is 52.1. The molecule has 2 rings (SSSR count). The van der Waals surface area contributed by atoms with Gasteiger partial charge in [-0.2, -0.15) is 0 Å². The Morgan fingerprint density at radius 1 is 1.06 bits per heavy atom. The highest BCUT2D eigenvalue weighted by atomic mass is 16.4. The van der Waals surface area contributed by atoms with Crippen molar-refractivity contribution < 1.29 is 24.3 Å². The van der Waals surface area contributed by atoms with Crippen molar-refractivity contribution in [2.45, 2.75) is 66.1 Å². The van der Waals surface area contributed by atoms with Gasteiger partial charge in [-0.1, -0.05) is 60.1 Å². The maximum atomic E-state index is 13.4. The van der Waals surface area contributed by atoms with Gasteiger partial charge in [0.2, 0.25) is 11.8 Å². The van der Waals surface area contributed by atoms with Gasteiger partial charge in [0.15, 0.2) is 0 Å². The van der Waals surface area contributed by atoms with Crippen LogP contribution in [0.4, 0.5) is 16.2 Å². The Morgan fingerprint density at radius 3 is 2.22 bits per heavy atom. The highest BCUT2D eigenvalue weighted by Crippen LogP contribution is 2.34. The number of carbonyl (C=O) groups is 4. The van der Waals surface area contributed by atoms with Gasteiger partial charge in [-0.05, 0) is 29.9 Å². The lowest BCUT2D eigenvalue weighted by Crippen LogP contribution is -2.61. The van der Waals surface area contributed by atoms with Gasteiger partial charge in [0.1, 0.15) is 18.1 Å². The second-order valence-electron chi connectivity index (χ2n) is 8.95. The Bertz CT molecular complexity index is 870. The lowest BCUT2D eigenvalue weighted by Gasteiger charge is -2.39. The van der Waals surface area contributed by atoms with Crippen molar-refractivity contribution in [3.05, 3.63) is 24.3 Å². The molecule has 1 aliphatic heterocycles. The van der Waals surface area contributed by atoms with Crippen molar-refractivity contribution in [2.24, 2.45) is 17.8 Å². The third kappa shape index (κ3) is 5.38. The van der Waals surface area contributed by atoms with E-state index in [2.05, 4.69) is 16.0 Å². The van der Waals surface area contributed by atoms with E-state index in [1.807, 2.05) is 27.7 Å². The average Bonchev–Trinajstić information content (AvgIpc) is 2.73. The van der Waals surface area contributed by atoms with Crippen LogP contribution in [-0.4, -0.2) is 47.0 Å². The zero-order chi connectivity index (χ0) is 24.2. The van der Waals surface area contributed by atoms with Gasteiger partial charge >= 0.3 is 12.0 Å². The van der Waals surface area contributed by atoms with Crippen LogP contribution < -0.4 is 20.9 Å². The fraction of sp³-hybridized carbons (Fsp3) is 0.565. The van der Waals surface area contributed by atoms with Gasteiger partial charge in [0.25, 0.3) is 0 Å². The van der Waals surface area contributed by atoms with Gasteiger partial charge in [-0.3, -0.25) is 14.5 Å². The molecule has 9 nitrogen and oxygen atoms in total. The summed E-state index contributed by atoms with van der Waals surface area (Å²) in [6.07, 6.45) is 0.586. The van der Waals surface area contributed by atoms with E-state index in [9.17, 15) is 24.3 Å². The minimum Gasteiger partial charge on any atom is -0.480 e. The van der Waals surface area contributed by atoms with E-state index >= 15 is 0 Å². The van der Waals surface area contributed by atoms with Crippen molar-refractivity contribution in [2.75, 3.05) is 10.2 Å². The molecule has 1 heterocycles. The number of aliphatic carboxylic acids is 1. The van der Waals surface area contributed by atoms with Crippen LogP contribution in [0.2, 0.25) is 0 Å². The number of para-hydroxylation sites is 2. The normalized spacial score (nSPS) is 18.4. The molecule has 0 saturated carbocycles. The fourth-order valence-electron chi connectivity index (χ4n) is 3.76. The lowest BCUT2D eigenvalue weighted by atomic mass is 9.96. The maximum absolute atomic E-state index is 13.4. The first kappa shape index (κ1) is 25.2. The first-order valence-corrected chi connectivity index (χ1v) is 11.0. The Morgan fingerprint density at radius 2 is 1.69 bits per heavy atom. The number of carbonyl (C=O) groups excluding carboxylic acids is 3. The number of fused-ring (bicyclic) bond motifs is 1. The van der Waals surface area contributed by atoms with Gasteiger partial charge in [-0.25, -0.2) is 9.59 Å². The molecular weight excluding hydrogens is 412 g/mol. The summed E-state index contributed by atoms with van der Waals surface area (Å²) in [5, 5.41) is 17.6. The number of carboxylic acid groups (broad SMARTS) is 1. The summed E-state index contributed by atoms with van der Waals surface area (Å²) in [7, 11) is 0. The van der Waals surface area contributed by atoms with E-state index in [0.717, 1.165) is 0 Å². The summed E-state index contributed by atoms with van der Waals surface area (Å²) < 4.78 is 0. The van der Waals surface area contributed by atoms with Crippen LogP contribution >= 0.6 is 0 Å². The van der Waals surface area contributed by atoms with Crippen LogP contribution in [0.25, 0.3) is 0 Å². The van der Waals surface area contributed by atoms with E-state index in [1.54, 1.807) is 38.1 Å². The molecule has 176 valence electrons. The van der Waals surface area contributed by atoms with Crippen molar-refractivity contribution >= 4 is 35.2 Å². The standard InChI is InChI=1S/C23H34N4O5/c1-7-14(6)18(20(28)25-17(12(2)3)22(30)31)26-23(32)27-16-11-9-8-10-15(16)24-21(29)19(27)13(4)5/h8-14,17-19H,7H2,1-6H3,(H,24,29)(H,25,28)(H,26,32)(H,30,31)/t14?,17-,18+,19+/m1/s1. The average molecular weight is 447 g/mol. The molecule has 1 aromatic carbocycles. The first-order chi connectivity index (χ1) is 15.0. The molecule has 0 aromatic heterocycles. The predicted molar refractivity (Wildman–Crippen MR) is 122 cm³/mol. The molecule has 0 saturated heterocycles. The van der Waals surface area contributed by atoms with Gasteiger partial charge in [0, 0.05) is 0 Å². The summed E-state index contributed by atoms with van der Waals surface area (Å²) in [5.41, 5.74) is 1.05. The van der Waals surface area contributed by atoms with E-state index in [4.69, 9.17) is 0 Å². The first-order valence-electron chi connectivity index (χ1n) is 11.0. The molecular formula is C23H34N4O5. The van der Waals surface area contributed by atoms with Gasteiger partial charge < -0.3 is 21.1 Å². The third-order valence-electron chi connectivity index (χ3n) is 5.82. The van der Waals surface area contributed by atoms with Gasteiger partial charge in [-0.15, -0.1) is 0 Å². The van der Waals surface area contributed by atoms with E-state index < -0.39 is 36.0 Å². The summed E-state index contributed by atoms with van der Waals surface area (Å²) in [6, 6.07) is 3.61. The molecule has 0 fully saturated rings. The number of carboxylic acids is 1. The summed E-state index contributed by atoms with van der Waals surface area (Å²) in [5.74, 6) is -2.76. The molecule has 4 amide bonds. The predicted octanol–water partition coefficient (Wildman–Crippen LogP) is 2.82. The number of hydrogen-bond donors (Lipinski definition) is 4. The molecule has 0 bridgehead atoms. The van der Waals surface area contributed by atoms with Crippen molar-refractivity contribution in [3.63, 3.8) is 0 Å². The van der Waals surface area contributed by atoms with Crippen LogP contribution in [0.15, 0.2) is 24.3 Å². The number of amides is 4. The minimum atomic E-state index is -1.14. The van der Waals surface area contributed by atoms with Crippen LogP contribution in [0.1, 0.15) is 48.0 Å². The molecule has 32 heavy (non-hydrogen) atoms. The number of anilines is 2. The van der Waals surface area contributed by atoms with E-state index in [0.29, 0.717) is 17.8 Å². The molecule has 1 aromatic rings. The van der Waals surface area contributed by atoms with Crippen molar-refractivity contribution in [1.29, 1.82) is 0 Å². The third-order valence-corrected chi connectivity index (χ3v) is 5.82. The lowest BCUT2D eigenvalue weighted by molar-refractivity contribution is -0.143. The Labute approximate surface area is 188 Å². The van der Waals surface area contributed by atoms with Gasteiger partial charge in [0.05, 0.1) is 11.4 Å². The zero-order valence-corrected chi connectivity index (χ0v) is 19.5. The van der Waals surface area contributed by atoms with Crippen LogP contribution in [0.5, 0.6) is 0 Å². The number of hydrogen-bond acceptors (Lipinski definition) is 4. The van der Waals surface area contributed by atoms with E-state index in [-0.39, 0.29) is 23.7 Å². The maximum Gasteiger partial charge on any atom is 0.326 e. The Hall–Kier alpha value is -3.10. The number of benzene rings is 1. The number of rotatable bonds is 8. The molecule has 0 radical (unpaired) electrons. The smallest absolute Gasteiger partial charge is 0.326 e.